The van der Waals surface area contributed by atoms with Gasteiger partial charge in [-0.3, -0.25) is 0 Å². The van der Waals surface area contributed by atoms with Crippen LogP contribution in [0, 0.1) is 0 Å². The molecule has 1 aromatic heterocycles. The summed E-state index contributed by atoms with van der Waals surface area (Å²) in [7, 11) is 0. The van der Waals surface area contributed by atoms with Crippen molar-refractivity contribution < 1.29 is 14.3 Å². The summed E-state index contributed by atoms with van der Waals surface area (Å²) in [6.07, 6.45) is 0. The minimum absolute atomic E-state index is 0.133. The number of aromatic nitrogens is 2. The van der Waals surface area contributed by atoms with Crippen LogP contribution >= 0.6 is 15.9 Å². The zero-order valence-electron chi connectivity index (χ0n) is 7.35. The van der Waals surface area contributed by atoms with E-state index in [0.717, 1.165) is 0 Å². The van der Waals surface area contributed by atoms with E-state index >= 15 is 0 Å². The van der Waals surface area contributed by atoms with Crippen molar-refractivity contribution in [3.05, 3.63) is 34.6 Å². The van der Waals surface area contributed by atoms with E-state index in [2.05, 4.69) is 26.1 Å². The summed E-state index contributed by atoms with van der Waals surface area (Å²) in [5.74, 6) is -0.847. The van der Waals surface area contributed by atoms with Gasteiger partial charge in [0.15, 0.2) is 0 Å². The standard InChI is InChI=1S/C9H5BrN2O3/c10-9-12-11-7(15-9)5-3-1-2-4-6(5)8(13)14/h1-4H,(H,13,14). The number of carbonyl (C=O) groups is 1. The maximum Gasteiger partial charge on any atom is 0.336 e. The van der Waals surface area contributed by atoms with Crippen LogP contribution in [0.3, 0.4) is 0 Å². The van der Waals surface area contributed by atoms with Gasteiger partial charge >= 0.3 is 5.97 Å². The van der Waals surface area contributed by atoms with Gasteiger partial charge in [-0.1, -0.05) is 12.1 Å². The molecule has 76 valence electrons. The van der Waals surface area contributed by atoms with Crippen LogP contribution < -0.4 is 0 Å². The van der Waals surface area contributed by atoms with Crippen LogP contribution in [0.2, 0.25) is 0 Å². The van der Waals surface area contributed by atoms with Crippen LogP contribution in [-0.4, -0.2) is 21.3 Å². The predicted octanol–water partition coefficient (Wildman–Crippen LogP) is 2.20. The van der Waals surface area contributed by atoms with Crippen LogP contribution in [0.15, 0.2) is 33.5 Å². The minimum atomic E-state index is -1.03. The predicted molar refractivity (Wildman–Crippen MR) is 54.4 cm³/mol. The minimum Gasteiger partial charge on any atom is -0.478 e. The molecule has 1 N–H and O–H groups in total. The summed E-state index contributed by atoms with van der Waals surface area (Å²) in [6.45, 7) is 0. The Kier molecular flexibility index (Phi) is 2.51. The molecule has 0 aliphatic rings. The van der Waals surface area contributed by atoms with Crippen LogP contribution in [0.5, 0.6) is 0 Å². The van der Waals surface area contributed by atoms with E-state index in [4.69, 9.17) is 9.52 Å². The van der Waals surface area contributed by atoms with Crippen LogP contribution in [0.4, 0.5) is 0 Å². The molecule has 1 aromatic carbocycles. The third-order valence-electron chi connectivity index (χ3n) is 1.79. The van der Waals surface area contributed by atoms with E-state index in [1.807, 2.05) is 0 Å². The number of hydrogen-bond acceptors (Lipinski definition) is 4. The third-order valence-corrected chi connectivity index (χ3v) is 2.11. The molecule has 15 heavy (non-hydrogen) atoms. The molecule has 6 heteroatoms. The second kappa shape index (κ2) is 3.82. The van der Waals surface area contributed by atoms with Gasteiger partial charge in [-0.15, -0.1) is 10.2 Å². The Morgan fingerprint density at radius 1 is 1.33 bits per heavy atom. The average molecular weight is 269 g/mol. The molecular weight excluding hydrogens is 264 g/mol. The maximum atomic E-state index is 10.9. The van der Waals surface area contributed by atoms with Crippen molar-refractivity contribution in [2.45, 2.75) is 0 Å². The van der Waals surface area contributed by atoms with Crippen LogP contribution in [0.25, 0.3) is 11.5 Å². The van der Waals surface area contributed by atoms with E-state index in [1.165, 1.54) is 6.07 Å². The molecule has 0 saturated heterocycles. The highest BCUT2D eigenvalue weighted by atomic mass is 79.9. The van der Waals surface area contributed by atoms with Gasteiger partial charge in [0.05, 0.1) is 11.1 Å². The molecule has 5 nitrogen and oxygen atoms in total. The average Bonchev–Trinajstić information content (AvgIpc) is 2.65. The van der Waals surface area contributed by atoms with Crippen LogP contribution in [0.1, 0.15) is 10.4 Å². The molecule has 0 radical (unpaired) electrons. The molecule has 0 amide bonds. The second-order valence-corrected chi connectivity index (χ2v) is 3.39. The number of carboxylic acid groups (broad SMARTS) is 1. The van der Waals surface area contributed by atoms with Crippen molar-refractivity contribution in [1.29, 1.82) is 0 Å². The number of benzene rings is 1. The normalized spacial score (nSPS) is 10.2. The Morgan fingerprint density at radius 3 is 2.67 bits per heavy atom. The first-order valence-electron chi connectivity index (χ1n) is 4.00. The van der Waals surface area contributed by atoms with Crippen LogP contribution in [-0.2, 0) is 0 Å². The first-order valence-corrected chi connectivity index (χ1v) is 4.79. The molecule has 0 spiro atoms. The van der Waals surface area contributed by atoms with Gasteiger partial charge in [0, 0.05) is 15.9 Å². The van der Waals surface area contributed by atoms with Gasteiger partial charge < -0.3 is 9.52 Å². The summed E-state index contributed by atoms with van der Waals surface area (Å²) in [6, 6.07) is 6.44. The lowest BCUT2D eigenvalue weighted by Gasteiger charge is -1.99. The molecule has 0 fully saturated rings. The topological polar surface area (TPSA) is 76.2 Å². The Morgan fingerprint density at radius 2 is 2.07 bits per heavy atom. The summed E-state index contributed by atoms with van der Waals surface area (Å²) >= 11 is 3.00. The molecule has 0 aliphatic heterocycles. The Bertz CT molecular complexity index is 510. The zero-order chi connectivity index (χ0) is 10.8. The van der Waals surface area contributed by atoms with Crippen molar-refractivity contribution >= 4 is 21.9 Å². The Hall–Kier alpha value is -1.69. The number of hydrogen-bond donors (Lipinski definition) is 1. The fourth-order valence-electron chi connectivity index (χ4n) is 1.17. The quantitative estimate of drug-likeness (QED) is 0.904. The lowest BCUT2D eigenvalue weighted by Crippen LogP contribution is -1.98. The SMILES string of the molecule is O=C(O)c1ccccc1-c1nnc(Br)o1. The number of aromatic carboxylic acids is 1. The van der Waals surface area contributed by atoms with Crippen molar-refractivity contribution in [3.63, 3.8) is 0 Å². The van der Waals surface area contributed by atoms with Gasteiger partial charge in [0.2, 0.25) is 5.89 Å². The summed E-state index contributed by atoms with van der Waals surface area (Å²) in [4.78, 5) is 11.1. The number of rotatable bonds is 2. The van der Waals surface area contributed by atoms with E-state index in [9.17, 15) is 4.79 Å². The van der Waals surface area contributed by atoms with Gasteiger partial charge in [-0.2, -0.15) is 0 Å². The first kappa shape index (κ1) is 9.85. The second-order valence-electron chi connectivity index (χ2n) is 2.71. The molecular formula is C9H5BrN2O3. The molecule has 0 aliphatic carbocycles. The summed E-state index contributed by atoms with van der Waals surface area (Å²) in [5.41, 5.74) is 0.539. The molecule has 0 saturated carbocycles. The van der Waals surface area contributed by atoms with Gasteiger partial charge in [-0.25, -0.2) is 4.79 Å². The molecule has 2 rings (SSSR count). The molecule has 0 bridgehead atoms. The van der Waals surface area contributed by atoms with Crippen molar-refractivity contribution in [1.82, 2.24) is 10.2 Å². The monoisotopic (exact) mass is 268 g/mol. The Balaban J connectivity index is 2.57. The number of carboxylic acids is 1. The Labute approximate surface area is 92.9 Å². The van der Waals surface area contributed by atoms with E-state index in [-0.39, 0.29) is 16.3 Å². The maximum absolute atomic E-state index is 10.9. The van der Waals surface area contributed by atoms with Gasteiger partial charge in [0.25, 0.3) is 4.80 Å². The number of nitrogens with zero attached hydrogens (tertiary/aromatic N) is 2. The van der Waals surface area contributed by atoms with Crippen molar-refractivity contribution in [2.24, 2.45) is 0 Å². The molecule has 2 aromatic rings. The molecule has 0 atom stereocenters. The largest absolute Gasteiger partial charge is 0.478 e. The van der Waals surface area contributed by atoms with E-state index < -0.39 is 5.97 Å². The van der Waals surface area contributed by atoms with Gasteiger partial charge in [-0.05, 0) is 12.1 Å². The lowest BCUT2D eigenvalue weighted by molar-refractivity contribution is 0.0697. The molecule has 1 heterocycles. The van der Waals surface area contributed by atoms with E-state index in [1.54, 1.807) is 18.2 Å². The lowest BCUT2D eigenvalue weighted by atomic mass is 10.1. The van der Waals surface area contributed by atoms with Crippen molar-refractivity contribution in [3.8, 4) is 11.5 Å². The highest BCUT2D eigenvalue weighted by Crippen LogP contribution is 2.23. The fourth-order valence-corrected chi connectivity index (χ4v) is 1.40. The van der Waals surface area contributed by atoms with Gasteiger partial charge in [0.1, 0.15) is 0 Å². The highest BCUT2D eigenvalue weighted by molar-refractivity contribution is 9.10. The summed E-state index contributed by atoms with van der Waals surface area (Å²) in [5, 5.41) is 16.2. The first-order chi connectivity index (χ1) is 7.18. The van der Waals surface area contributed by atoms with Crippen molar-refractivity contribution in [2.75, 3.05) is 0 Å². The fraction of sp³-hybridized carbons (Fsp3) is 0. The zero-order valence-corrected chi connectivity index (χ0v) is 8.93. The van der Waals surface area contributed by atoms with E-state index in [0.29, 0.717) is 5.56 Å². The third kappa shape index (κ3) is 1.89. The highest BCUT2D eigenvalue weighted by Gasteiger charge is 2.15. The smallest absolute Gasteiger partial charge is 0.336 e. The molecule has 0 unspecified atom stereocenters. The number of halogens is 1. The summed E-state index contributed by atoms with van der Waals surface area (Å²) < 4.78 is 5.09.